The lowest BCUT2D eigenvalue weighted by Crippen LogP contribution is -2.06. The number of nitrogens with one attached hydrogen (secondary N) is 1. The first-order chi connectivity index (χ1) is 6.79. The van der Waals surface area contributed by atoms with Crippen LogP contribution in [0.2, 0.25) is 0 Å². The van der Waals surface area contributed by atoms with Gasteiger partial charge in [0.05, 0.1) is 4.90 Å². The van der Waals surface area contributed by atoms with Gasteiger partial charge in [-0.3, -0.25) is 0 Å². The van der Waals surface area contributed by atoms with Crippen molar-refractivity contribution < 1.29 is 16.8 Å². The van der Waals surface area contributed by atoms with Crippen molar-refractivity contribution >= 4 is 19.9 Å². The molecular weight excluding hydrogens is 240 g/mol. The molecule has 0 bridgehead atoms. The van der Waals surface area contributed by atoms with Crippen LogP contribution in [-0.2, 0) is 19.9 Å². The number of hydrogen-bond acceptors (Lipinski definition) is 5. The van der Waals surface area contributed by atoms with Crippen LogP contribution in [-0.4, -0.2) is 23.1 Å². The summed E-state index contributed by atoms with van der Waals surface area (Å²) >= 11 is 0. The summed E-state index contributed by atoms with van der Waals surface area (Å²) in [5.41, 5.74) is 6.49. The summed E-state index contributed by atoms with van der Waals surface area (Å²) in [4.78, 5) is -0.816. The van der Waals surface area contributed by atoms with E-state index in [4.69, 9.17) is 5.53 Å². The Morgan fingerprint density at radius 1 is 1.07 bits per heavy atom. The summed E-state index contributed by atoms with van der Waals surface area (Å²) in [5, 5.41) is 0. The highest BCUT2D eigenvalue weighted by Crippen LogP contribution is 2.21. The van der Waals surface area contributed by atoms with Crippen molar-refractivity contribution in [3.8, 4) is 0 Å². The second-order valence-electron chi connectivity index (χ2n) is 2.79. The van der Waals surface area contributed by atoms with Gasteiger partial charge in [-0.25, -0.2) is 8.42 Å². The maximum atomic E-state index is 11.2. The van der Waals surface area contributed by atoms with Crippen molar-refractivity contribution in [2.24, 2.45) is 4.52 Å². The second kappa shape index (κ2) is 3.70. The van der Waals surface area contributed by atoms with Gasteiger partial charge in [0.2, 0.25) is 0 Å². The summed E-state index contributed by atoms with van der Waals surface area (Å²) < 4.78 is 47.4. The fourth-order valence-corrected chi connectivity index (χ4v) is 3.22. The van der Waals surface area contributed by atoms with Crippen LogP contribution in [0.3, 0.4) is 0 Å². The fourth-order valence-electron chi connectivity index (χ4n) is 1.02. The second-order valence-corrected chi connectivity index (χ2v) is 6.34. The van der Waals surface area contributed by atoms with Crippen molar-refractivity contribution in [3.63, 3.8) is 0 Å². The van der Waals surface area contributed by atoms with E-state index >= 15 is 0 Å². The molecule has 0 aromatic heterocycles. The number of sulfone groups is 1. The molecule has 0 spiro atoms. The molecule has 0 unspecified atom stereocenters. The number of rotatable bonds is 3. The van der Waals surface area contributed by atoms with Crippen LogP contribution in [0.15, 0.2) is 38.6 Å². The van der Waals surface area contributed by atoms with Gasteiger partial charge in [-0.1, -0.05) is 16.7 Å². The largest absolute Gasteiger partial charge is 0.300 e. The Morgan fingerprint density at radius 2 is 1.53 bits per heavy atom. The molecule has 0 atom stereocenters. The van der Waals surface area contributed by atoms with Crippen molar-refractivity contribution in [3.05, 3.63) is 24.3 Å². The van der Waals surface area contributed by atoms with E-state index in [0.29, 0.717) is 0 Å². The van der Waals surface area contributed by atoms with Crippen LogP contribution in [0.1, 0.15) is 0 Å². The van der Waals surface area contributed by atoms with Crippen LogP contribution < -0.4 is 0 Å². The number of nitrogens with zero attached hydrogens (tertiary/aromatic N) is 1. The molecule has 0 aliphatic carbocycles. The normalized spacial score (nSPS) is 12.3. The van der Waals surface area contributed by atoms with E-state index in [-0.39, 0.29) is 4.90 Å². The van der Waals surface area contributed by atoms with Gasteiger partial charge >= 0.3 is 0 Å². The third-order valence-electron chi connectivity index (χ3n) is 1.65. The molecule has 0 saturated heterocycles. The van der Waals surface area contributed by atoms with Crippen molar-refractivity contribution in [1.82, 2.24) is 0 Å². The highest BCUT2D eigenvalue weighted by molar-refractivity contribution is 7.93. The van der Waals surface area contributed by atoms with Gasteiger partial charge in [-0.15, -0.1) is 0 Å². The molecule has 0 radical (unpaired) electrons. The Bertz CT molecular complexity index is 589. The van der Waals surface area contributed by atoms with E-state index in [0.717, 1.165) is 18.4 Å². The smallest absolute Gasteiger partial charge is 0.224 e. The summed E-state index contributed by atoms with van der Waals surface area (Å²) in [7, 11) is -7.85. The van der Waals surface area contributed by atoms with Gasteiger partial charge in [0.1, 0.15) is 4.90 Å². The van der Waals surface area contributed by atoms with E-state index < -0.39 is 24.8 Å². The molecule has 15 heavy (non-hydrogen) atoms. The molecule has 0 heterocycles. The first-order valence-corrected chi connectivity index (χ1v) is 7.05. The molecule has 0 aliphatic rings. The van der Waals surface area contributed by atoms with Gasteiger partial charge in [-0.05, 0) is 12.1 Å². The first-order valence-electron chi connectivity index (χ1n) is 3.72. The molecule has 6 nitrogen and oxygen atoms in total. The molecule has 0 saturated carbocycles. The third-order valence-corrected chi connectivity index (χ3v) is 4.08. The average molecular weight is 248 g/mol. The average Bonchev–Trinajstić information content (AvgIpc) is 2.16. The SMILES string of the molecule is CS(=O)(=O)c1ccccc1S(=O)(=O)N=N. The number of sulfonamides is 1. The minimum atomic E-state index is -4.20. The monoisotopic (exact) mass is 248 g/mol. The van der Waals surface area contributed by atoms with Gasteiger partial charge in [-0.2, -0.15) is 13.9 Å². The minimum Gasteiger partial charge on any atom is -0.224 e. The Balaban J connectivity index is 3.66. The van der Waals surface area contributed by atoms with Crippen LogP contribution in [0.4, 0.5) is 0 Å². The van der Waals surface area contributed by atoms with E-state index in [2.05, 4.69) is 4.52 Å². The number of hydrogen-bond donors (Lipinski definition) is 1. The van der Waals surface area contributed by atoms with Crippen molar-refractivity contribution in [2.75, 3.05) is 6.26 Å². The summed E-state index contributed by atoms with van der Waals surface area (Å²) in [5.74, 6) is 0. The maximum Gasteiger partial charge on any atom is 0.300 e. The molecule has 0 fully saturated rings. The van der Waals surface area contributed by atoms with Crippen LogP contribution in [0, 0.1) is 5.53 Å². The Labute approximate surface area is 87.4 Å². The van der Waals surface area contributed by atoms with Crippen LogP contribution in [0.25, 0.3) is 0 Å². The first kappa shape index (κ1) is 11.8. The molecule has 1 N–H and O–H groups in total. The summed E-state index contributed by atoms with van der Waals surface area (Å²) in [6, 6.07) is 5.03. The lowest BCUT2D eigenvalue weighted by atomic mass is 10.4. The predicted octanol–water partition coefficient (Wildman–Crippen LogP) is 0.810. The lowest BCUT2D eigenvalue weighted by Gasteiger charge is -2.03. The zero-order valence-electron chi connectivity index (χ0n) is 7.71. The Hall–Kier alpha value is -1.28. The topological polar surface area (TPSA) is 104 Å². The third kappa shape index (κ3) is 2.39. The fraction of sp³-hybridized carbons (Fsp3) is 0.143. The van der Waals surface area contributed by atoms with Crippen molar-refractivity contribution in [2.45, 2.75) is 9.79 Å². The molecule has 0 amide bonds. The standard InChI is InChI=1S/C7H8N2O4S2/c1-14(10,11)6-4-2-3-5-7(6)15(12,13)9-8/h2-5,8H,1H3. The lowest BCUT2D eigenvalue weighted by molar-refractivity contribution is 0.584. The molecule has 82 valence electrons. The highest BCUT2D eigenvalue weighted by Gasteiger charge is 2.22. The Morgan fingerprint density at radius 3 is 1.93 bits per heavy atom. The summed E-state index contributed by atoms with van der Waals surface area (Å²) in [6.07, 6.45) is 0.894. The zero-order chi connectivity index (χ0) is 11.7. The number of benzene rings is 1. The Kier molecular flexibility index (Phi) is 2.91. The van der Waals surface area contributed by atoms with Crippen molar-refractivity contribution in [1.29, 1.82) is 5.53 Å². The van der Waals surface area contributed by atoms with Gasteiger partial charge in [0.15, 0.2) is 9.84 Å². The summed E-state index contributed by atoms with van der Waals surface area (Å²) in [6.45, 7) is 0. The molecular formula is C7H8N2O4S2. The van der Waals surface area contributed by atoms with E-state index in [1.807, 2.05) is 0 Å². The van der Waals surface area contributed by atoms with Crippen LogP contribution >= 0.6 is 0 Å². The van der Waals surface area contributed by atoms with Gasteiger partial charge in [0, 0.05) is 6.26 Å². The van der Waals surface area contributed by atoms with Gasteiger partial charge in [0.25, 0.3) is 10.0 Å². The van der Waals surface area contributed by atoms with E-state index in [1.54, 1.807) is 0 Å². The highest BCUT2D eigenvalue weighted by atomic mass is 32.2. The van der Waals surface area contributed by atoms with Gasteiger partial charge < -0.3 is 0 Å². The van der Waals surface area contributed by atoms with E-state index in [1.165, 1.54) is 12.1 Å². The molecule has 1 aromatic carbocycles. The zero-order valence-corrected chi connectivity index (χ0v) is 9.34. The molecule has 1 aromatic rings. The molecule has 8 heteroatoms. The van der Waals surface area contributed by atoms with Crippen LogP contribution in [0.5, 0.6) is 0 Å². The molecule has 1 rings (SSSR count). The predicted molar refractivity (Wildman–Crippen MR) is 51.9 cm³/mol. The quantitative estimate of drug-likeness (QED) is 0.799. The maximum absolute atomic E-state index is 11.2. The van der Waals surface area contributed by atoms with E-state index in [9.17, 15) is 16.8 Å². The molecule has 0 aliphatic heterocycles. The minimum absolute atomic E-state index is 0.346.